The molecule has 1 N–H and O–H groups in total. The van der Waals surface area contributed by atoms with Crippen molar-refractivity contribution in [1.82, 2.24) is 10.2 Å². The summed E-state index contributed by atoms with van der Waals surface area (Å²) in [5.74, 6) is -0.330. The van der Waals surface area contributed by atoms with Crippen LogP contribution in [0.15, 0.2) is 42.5 Å². The maximum Gasteiger partial charge on any atom is 0.244 e. The molecule has 0 aliphatic heterocycles. The lowest BCUT2D eigenvalue weighted by Gasteiger charge is -2.32. The van der Waals surface area contributed by atoms with Gasteiger partial charge in [0.05, 0.1) is 26.2 Å². The van der Waals surface area contributed by atoms with Crippen molar-refractivity contribution >= 4 is 39.1 Å². The van der Waals surface area contributed by atoms with Gasteiger partial charge in [0.2, 0.25) is 21.8 Å². The molecule has 2 aromatic carbocycles. The van der Waals surface area contributed by atoms with Gasteiger partial charge in [-0.15, -0.1) is 0 Å². The molecule has 2 aromatic rings. The molecule has 0 spiro atoms. The molecule has 0 fully saturated rings. The van der Waals surface area contributed by atoms with Gasteiger partial charge in [0, 0.05) is 23.7 Å². The van der Waals surface area contributed by atoms with E-state index in [1.807, 2.05) is 13.8 Å². The molecule has 0 saturated heterocycles. The summed E-state index contributed by atoms with van der Waals surface area (Å²) in [6, 6.07) is 10.6. The van der Waals surface area contributed by atoms with Crippen LogP contribution in [0.3, 0.4) is 0 Å². The first-order valence-corrected chi connectivity index (χ1v) is 13.1. The topological polar surface area (TPSA) is 105 Å². The van der Waals surface area contributed by atoms with Crippen LogP contribution in [-0.2, 0) is 26.2 Å². The van der Waals surface area contributed by atoms with Crippen molar-refractivity contribution < 1.29 is 27.5 Å². The number of rotatable bonds is 11. The van der Waals surface area contributed by atoms with E-state index >= 15 is 0 Å². The van der Waals surface area contributed by atoms with E-state index in [-0.39, 0.29) is 29.9 Å². The molecule has 35 heavy (non-hydrogen) atoms. The molecule has 11 heteroatoms. The first-order chi connectivity index (χ1) is 16.4. The van der Waals surface area contributed by atoms with E-state index in [1.54, 1.807) is 43.3 Å². The molecule has 9 nitrogen and oxygen atoms in total. The molecule has 0 unspecified atom stereocenters. The molecule has 192 valence electrons. The molecule has 0 bridgehead atoms. The zero-order valence-electron chi connectivity index (χ0n) is 20.7. The van der Waals surface area contributed by atoms with Crippen LogP contribution >= 0.6 is 11.6 Å². The van der Waals surface area contributed by atoms with E-state index in [1.165, 1.54) is 25.2 Å². The van der Waals surface area contributed by atoms with Gasteiger partial charge in [-0.1, -0.05) is 29.8 Å². The summed E-state index contributed by atoms with van der Waals surface area (Å²) in [5.41, 5.74) is 0.760. The van der Waals surface area contributed by atoms with Crippen molar-refractivity contribution in [3.05, 3.63) is 53.1 Å². The van der Waals surface area contributed by atoms with Crippen molar-refractivity contribution in [3.8, 4) is 11.5 Å². The van der Waals surface area contributed by atoms with Crippen LogP contribution in [0.5, 0.6) is 11.5 Å². The maximum absolute atomic E-state index is 13.6. The van der Waals surface area contributed by atoms with Crippen LogP contribution in [-0.4, -0.2) is 64.2 Å². The van der Waals surface area contributed by atoms with E-state index in [4.69, 9.17) is 21.1 Å². The van der Waals surface area contributed by atoms with E-state index in [0.29, 0.717) is 16.3 Å². The molecule has 0 aliphatic rings. The first kappa shape index (κ1) is 28.3. The molecule has 0 aromatic heterocycles. The summed E-state index contributed by atoms with van der Waals surface area (Å²) < 4.78 is 37.1. The van der Waals surface area contributed by atoms with Gasteiger partial charge in [0.1, 0.15) is 24.1 Å². The van der Waals surface area contributed by atoms with Crippen LogP contribution in [0.1, 0.15) is 26.3 Å². The number of carbonyl (C=O) groups is 2. The Morgan fingerprint density at radius 3 is 2.26 bits per heavy atom. The van der Waals surface area contributed by atoms with Crippen LogP contribution < -0.4 is 19.1 Å². The number of hydrogen-bond donors (Lipinski definition) is 1. The van der Waals surface area contributed by atoms with Crippen LogP contribution in [0.25, 0.3) is 0 Å². The summed E-state index contributed by atoms with van der Waals surface area (Å²) in [6.45, 7) is 4.66. The highest BCUT2D eigenvalue weighted by atomic mass is 35.5. The monoisotopic (exact) mass is 525 g/mol. The van der Waals surface area contributed by atoms with Crippen molar-refractivity contribution in [2.45, 2.75) is 39.4 Å². The lowest BCUT2D eigenvalue weighted by molar-refractivity contribution is -0.139. The quantitative estimate of drug-likeness (QED) is 0.483. The average Bonchev–Trinajstić information content (AvgIpc) is 2.79. The minimum absolute atomic E-state index is 0.0119. The van der Waals surface area contributed by atoms with Crippen LogP contribution in [0, 0.1) is 0 Å². The van der Waals surface area contributed by atoms with Crippen molar-refractivity contribution in [1.29, 1.82) is 0 Å². The number of amides is 2. The van der Waals surface area contributed by atoms with Gasteiger partial charge in [-0.05, 0) is 44.5 Å². The number of ether oxygens (including phenoxy) is 2. The number of hydrogen-bond acceptors (Lipinski definition) is 6. The van der Waals surface area contributed by atoms with Crippen molar-refractivity contribution in [2.75, 3.05) is 31.3 Å². The molecule has 0 aliphatic carbocycles. The lowest BCUT2D eigenvalue weighted by atomic mass is 10.1. The largest absolute Gasteiger partial charge is 0.497 e. The van der Waals surface area contributed by atoms with Gasteiger partial charge in [-0.3, -0.25) is 13.9 Å². The predicted molar refractivity (Wildman–Crippen MR) is 136 cm³/mol. The summed E-state index contributed by atoms with van der Waals surface area (Å²) >= 11 is 6.31. The van der Waals surface area contributed by atoms with E-state index in [0.717, 1.165) is 10.6 Å². The summed E-state index contributed by atoms with van der Waals surface area (Å²) in [5, 5.41) is 3.22. The number of anilines is 1. The third-order valence-electron chi connectivity index (χ3n) is 5.23. The fourth-order valence-corrected chi connectivity index (χ4v) is 4.42. The number of sulfonamides is 1. The summed E-state index contributed by atoms with van der Waals surface area (Å²) in [4.78, 5) is 27.7. The third kappa shape index (κ3) is 7.50. The van der Waals surface area contributed by atoms with E-state index in [9.17, 15) is 18.0 Å². The number of nitrogens with zero attached hydrogens (tertiary/aromatic N) is 2. The predicted octanol–water partition coefficient (Wildman–Crippen LogP) is 3.07. The zero-order valence-corrected chi connectivity index (χ0v) is 22.3. The van der Waals surface area contributed by atoms with Crippen molar-refractivity contribution in [2.24, 2.45) is 0 Å². The van der Waals surface area contributed by atoms with Gasteiger partial charge in [0.25, 0.3) is 0 Å². The van der Waals surface area contributed by atoms with Gasteiger partial charge < -0.3 is 19.7 Å². The zero-order chi connectivity index (χ0) is 26.3. The molecule has 2 amide bonds. The smallest absolute Gasteiger partial charge is 0.244 e. The minimum atomic E-state index is -3.93. The number of nitrogens with one attached hydrogen (secondary N) is 1. The van der Waals surface area contributed by atoms with Crippen molar-refractivity contribution in [3.63, 3.8) is 0 Å². The van der Waals surface area contributed by atoms with Gasteiger partial charge >= 0.3 is 0 Å². The molecular formula is C24H32ClN3O6S. The average molecular weight is 526 g/mol. The van der Waals surface area contributed by atoms with Crippen LogP contribution in [0.4, 0.5) is 5.69 Å². The second kappa shape index (κ2) is 12.1. The second-order valence-electron chi connectivity index (χ2n) is 8.26. The third-order valence-corrected chi connectivity index (χ3v) is 6.73. The van der Waals surface area contributed by atoms with E-state index < -0.39 is 28.5 Å². The van der Waals surface area contributed by atoms with Gasteiger partial charge in [-0.25, -0.2) is 8.42 Å². The first-order valence-electron chi connectivity index (χ1n) is 10.9. The Bertz CT molecular complexity index is 1160. The Hall–Kier alpha value is -2.98. The highest BCUT2D eigenvalue weighted by molar-refractivity contribution is 7.92. The number of methoxy groups -OCH3 is 2. The molecule has 1 atom stereocenters. The summed E-state index contributed by atoms with van der Waals surface area (Å²) in [7, 11) is -1.08. The minimum Gasteiger partial charge on any atom is -0.497 e. The van der Waals surface area contributed by atoms with Gasteiger partial charge in [-0.2, -0.15) is 0 Å². The normalized spacial score (nSPS) is 12.1. The fourth-order valence-electron chi connectivity index (χ4n) is 3.38. The molecular weight excluding hydrogens is 494 g/mol. The Balaban J connectivity index is 2.50. The standard InChI is InChI=1S/C24H32ClN3O6S/c1-16(2)26-24(30)17(3)27(14-18-9-7-8-10-20(18)25)23(29)15-28(35(6,31)32)21-13-19(33-4)11-12-22(21)34-5/h7-13,16-17H,14-15H2,1-6H3,(H,26,30)/t17-/m1/s1. The highest BCUT2D eigenvalue weighted by Crippen LogP contribution is 2.34. The fraction of sp³-hybridized carbons (Fsp3) is 0.417. The molecule has 2 rings (SSSR count). The maximum atomic E-state index is 13.6. The number of benzene rings is 2. The second-order valence-corrected chi connectivity index (χ2v) is 10.6. The Labute approximate surface area is 212 Å². The Morgan fingerprint density at radius 2 is 1.71 bits per heavy atom. The SMILES string of the molecule is COc1ccc(OC)c(N(CC(=O)N(Cc2ccccc2Cl)[C@H](C)C(=O)NC(C)C)S(C)(=O)=O)c1. The van der Waals surface area contributed by atoms with E-state index in [2.05, 4.69) is 5.32 Å². The molecule has 0 radical (unpaired) electrons. The molecule has 0 heterocycles. The lowest BCUT2D eigenvalue weighted by Crippen LogP contribution is -2.52. The summed E-state index contributed by atoms with van der Waals surface area (Å²) in [6.07, 6.45) is 0.993. The Morgan fingerprint density at radius 1 is 1.06 bits per heavy atom. The number of halogens is 1. The Kier molecular flexibility index (Phi) is 9.79. The highest BCUT2D eigenvalue weighted by Gasteiger charge is 2.31. The molecule has 0 saturated carbocycles. The van der Waals surface area contributed by atoms with Gasteiger partial charge in [0.15, 0.2) is 0 Å². The van der Waals surface area contributed by atoms with Crippen LogP contribution in [0.2, 0.25) is 5.02 Å². The number of carbonyl (C=O) groups excluding carboxylic acids is 2.